The first kappa shape index (κ1) is 105. The number of fused-ring (bicyclic) bond motifs is 25. The largest absolute Gasteiger partial charge is 0.145 e. The van der Waals surface area contributed by atoms with Crippen molar-refractivity contribution in [2.24, 2.45) is 0 Å². The molecule has 33 rings (SSSR count). The van der Waals surface area contributed by atoms with Gasteiger partial charge >= 0.3 is 0 Å². The van der Waals surface area contributed by atoms with E-state index in [4.69, 9.17) is 0 Å². The highest BCUT2D eigenvalue weighted by molar-refractivity contribution is 7.20. The van der Waals surface area contributed by atoms with Crippen molar-refractivity contribution in [3.8, 4) is 21.6 Å². The van der Waals surface area contributed by atoms with Crippen LogP contribution in [0.4, 0.5) is 0 Å². The molecule has 0 atom stereocenters. The van der Waals surface area contributed by atoms with Gasteiger partial charge in [0, 0.05) is 142 Å². The van der Waals surface area contributed by atoms with Gasteiger partial charge in [0.15, 0.2) is 0 Å². The van der Waals surface area contributed by atoms with E-state index in [0.29, 0.717) is 0 Å². The van der Waals surface area contributed by atoms with Crippen LogP contribution in [0.25, 0.3) is 119 Å². The number of allylic oxidation sites excluding steroid dienone is 20. The van der Waals surface area contributed by atoms with Gasteiger partial charge in [0.1, 0.15) is 0 Å². The normalized spacial score (nSPS) is 14.5. The molecular weight excluding hydrogens is 1990 g/mol. The first-order chi connectivity index (χ1) is 69.1. The fourth-order valence-corrected chi connectivity index (χ4v) is 34.0. The van der Waals surface area contributed by atoms with Crippen LogP contribution in [0.5, 0.6) is 0 Å². The van der Waals surface area contributed by atoms with Crippen molar-refractivity contribution in [3.63, 3.8) is 0 Å². The molecule has 0 amide bonds. The van der Waals surface area contributed by atoms with Crippen molar-refractivity contribution in [1.82, 2.24) is 0 Å². The monoisotopic (exact) mass is 2120 g/mol. The predicted molar refractivity (Wildman–Crippen MR) is 668 cm³/mol. The first-order valence-electron chi connectivity index (χ1n) is 49.7. The molecule has 0 saturated heterocycles. The molecular formula is C134H130S12. The standard InChI is InChI=1S/C13H10S.4C12H10S.4C11H10S.C9H8S.2C8H8S.4CH4/c1-9-6-12-7-10-4-2-3-5-11(10)8-13(12)14-9;2*1-8-5-11-6-9-3-2-4-10(9)7-12(11)13-8;1-8-6-10-7-9-4-2-3-5-11(9)12(10)13-8;1-8-6-11-10-5-3-2-4-9(10)7-12(11)13-8;2*1-7-5-9-6-8-3-2-4-10(8)11(9)12-7;2*1-7-5-10-9-4-2-3-8(9)6-11(10)12-7;1-7-6-8-4-2-3-5-9(8)10-7;2*1-6-5-7-3-2-4-8(7)9-6;;;;/h2-8H,1H3;2,4-7H,3H2,1H3;2-3,5-7H,4H2,1H3;2*2-6H,7H2,1H3;3-5H,2,6H2,1H3;2-3,5H,4,6H2,1H3;3-5H,2,6H2,1H3;2,4-5H,3,6H2,1H3;2-6H,1H3;2,4-5H,3H2,1H3;2-3,5H,4H2,1H3;4*1H4. The van der Waals surface area contributed by atoms with E-state index in [2.05, 4.69) is 387 Å². The lowest BCUT2D eigenvalue weighted by atomic mass is 10.1. The van der Waals surface area contributed by atoms with Crippen LogP contribution in [0.3, 0.4) is 0 Å². The second-order valence-corrected chi connectivity index (χ2v) is 54.4. The van der Waals surface area contributed by atoms with E-state index in [9.17, 15) is 0 Å². The number of thiophene rings is 12. The molecule has 0 fully saturated rings. The molecule has 0 nitrogen and oxygen atoms in total. The molecule has 0 unspecified atom stereocenters. The van der Waals surface area contributed by atoms with Crippen molar-refractivity contribution in [3.05, 3.63) is 466 Å². The molecule has 12 aromatic heterocycles. The third-order valence-electron chi connectivity index (χ3n) is 27.9. The highest BCUT2D eigenvalue weighted by Gasteiger charge is 2.30. The van der Waals surface area contributed by atoms with Gasteiger partial charge in [-0.05, 0) is 429 Å². The maximum Gasteiger partial charge on any atom is 0.0383 e. The number of benzene rings is 7. The highest BCUT2D eigenvalue weighted by Crippen LogP contribution is 2.50. The van der Waals surface area contributed by atoms with Crippen molar-refractivity contribution in [1.29, 1.82) is 0 Å². The van der Waals surface area contributed by atoms with E-state index in [-0.39, 0.29) is 29.7 Å². The average Bonchev–Trinajstić information content (AvgIpc) is 1.62. The summed E-state index contributed by atoms with van der Waals surface area (Å²) in [6, 6.07) is 75.8. The summed E-state index contributed by atoms with van der Waals surface area (Å²) in [5.74, 6) is 0. The van der Waals surface area contributed by atoms with Crippen LogP contribution < -0.4 is 0 Å². The van der Waals surface area contributed by atoms with E-state index in [1.165, 1.54) is 262 Å². The summed E-state index contributed by atoms with van der Waals surface area (Å²) >= 11 is 23.0. The van der Waals surface area contributed by atoms with Gasteiger partial charge in [-0.1, -0.05) is 217 Å². The molecule has 12 heteroatoms. The second kappa shape index (κ2) is 46.1. The van der Waals surface area contributed by atoms with Gasteiger partial charge in [-0.25, -0.2) is 0 Å². The molecule has 19 aromatic rings. The minimum atomic E-state index is 0. The lowest BCUT2D eigenvalue weighted by Gasteiger charge is -1.97. The number of aryl methyl sites for hydroxylation is 12. The van der Waals surface area contributed by atoms with Gasteiger partial charge in [-0.2, -0.15) is 0 Å². The summed E-state index contributed by atoms with van der Waals surface area (Å²) in [5, 5.41) is 8.20. The van der Waals surface area contributed by atoms with Crippen molar-refractivity contribution in [2.75, 3.05) is 0 Å². The summed E-state index contributed by atoms with van der Waals surface area (Å²) in [7, 11) is 0. The quantitative estimate of drug-likeness (QED) is 0.142. The van der Waals surface area contributed by atoms with Crippen LogP contribution in [0, 0.1) is 83.1 Å². The van der Waals surface area contributed by atoms with Crippen LogP contribution >= 0.6 is 136 Å². The van der Waals surface area contributed by atoms with E-state index >= 15 is 0 Å². The van der Waals surface area contributed by atoms with Crippen LogP contribution in [0.15, 0.2) is 301 Å². The smallest absolute Gasteiger partial charge is 0.0383 e. The van der Waals surface area contributed by atoms with E-state index in [0.717, 1.165) is 51.4 Å². The fourth-order valence-electron chi connectivity index (χ4n) is 21.7. The Kier molecular flexibility index (Phi) is 33.1. The Morgan fingerprint density at radius 3 is 1.37 bits per heavy atom. The van der Waals surface area contributed by atoms with Gasteiger partial charge in [0.2, 0.25) is 0 Å². The lowest BCUT2D eigenvalue weighted by molar-refractivity contribution is 1.14. The van der Waals surface area contributed by atoms with Gasteiger partial charge in [0.05, 0.1) is 0 Å². The molecule has 0 bridgehead atoms. The molecule has 14 aliphatic carbocycles. The predicted octanol–water partition coefficient (Wildman–Crippen LogP) is 43.5. The molecule has 7 aromatic carbocycles. The molecule has 12 heterocycles. The minimum absolute atomic E-state index is 0. The minimum Gasteiger partial charge on any atom is -0.145 e. The molecule has 0 N–H and O–H groups in total. The zero-order valence-corrected chi connectivity index (χ0v) is 92.5. The third-order valence-corrected chi connectivity index (χ3v) is 40.6. The molecule has 0 aliphatic heterocycles. The fraction of sp³-hybridized carbons (Fsp3) is 0.224. The number of rotatable bonds is 0. The van der Waals surface area contributed by atoms with Gasteiger partial charge in [-0.3, -0.25) is 0 Å². The molecule has 738 valence electrons. The summed E-state index contributed by atoms with van der Waals surface area (Å²) < 4.78 is 5.63. The van der Waals surface area contributed by atoms with Gasteiger partial charge < -0.3 is 0 Å². The third kappa shape index (κ3) is 23.1. The Labute approximate surface area is 915 Å². The Morgan fingerprint density at radius 2 is 0.678 bits per heavy atom. The molecule has 0 spiro atoms. The average molecular weight is 2130 g/mol. The van der Waals surface area contributed by atoms with Crippen LogP contribution in [-0.2, 0) is 64.2 Å². The second-order valence-electron chi connectivity index (χ2n) is 38.8. The van der Waals surface area contributed by atoms with E-state index in [1.54, 1.807) is 58.5 Å². The van der Waals surface area contributed by atoms with E-state index < -0.39 is 0 Å². The Morgan fingerprint density at radius 1 is 0.219 bits per heavy atom. The van der Waals surface area contributed by atoms with Crippen molar-refractivity contribution >= 4 is 234 Å². The Balaban J connectivity index is 0.000000104. The van der Waals surface area contributed by atoms with Crippen LogP contribution in [0.1, 0.15) is 220 Å². The van der Waals surface area contributed by atoms with Crippen molar-refractivity contribution < 1.29 is 0 Å². The topological polar surface area (TPSA) is 0 Å². The zero-order valence-electron chi connectivity index (χ0n) is 82.7. The maximum absolute atomic E-state index is 2.36. The van der Waals surface area contributed by atoms with Crippen LogP contribution in [-0.4, -0.2) is 0 Å². The summed E-state index contributed by atoms with van der Waals surface area (Å²) in [6.07, 6.45) is 52.6. The van der Waals surface area contributed by atoms with Crippen LogP contribution in [0.2, 0.25) is 0 Å². The van der Waals surface area contributed by atoms with E-state index in [1.807, 2.05) is 136 Å². The van der Waals surface area contributed by atoms with Gasteiger partial charge in [-0.15, -0.1) is 136 Å². The number of hydrogen-bond acceptors (Lipinski definition) is 12. The SMILES string of the molecule is C.C.C.C.Cc1cc2c(s1)-c1ccccc1C2.Cc1cc2c(s1)C1=C(C=CC1)C2.Cc1cc2c(s1)C1=CCC=C1C2.Cc1cc2c(s1)C=CC2.Cc1cc2c(s1)CC1=C2C=CC1.Cc1cc2c(s1)CC1=CCC=C12.Cc1cc2c(s1)CC=C2.Cc1cc2c(s1)Cc1ccccc1-2.Cc1cc2cc3c(cc2s1)C=CC3.Cc1cc2cc3c(cc2s1)CC=C3.Cc1cc2cc3ccccc3cc2s1.Cc1cc2ccccc2s1. The van der Waals surface area contributed by atoms with Gasteiger partial charge in [0.25, 0.3) is 0 Å². The highest BCUT2D eigenvalue weighted by atomic mass is 32.1. The summed E-state index contributed by atoms with van der Waals surface area (Å²) in [6.45, 7) is 26.1. The lowest BCUT2D eigenvalue weighted by Crippen LogP contribution is -1.79. The van der Waals surface area contributed by atoms with Crippen molar-refractivity contribution in [2.45, 2.75) is 203 Å². The first-order valence-corrected chi connectivity index (χ1v) is 59.5. The Bertz CT molecular complexity index is 8120. The molecule has 0 saturated carbocycles. The molecule has 14 aliphatic rings. The summed E-state index contributed by atoms with van der Waals surface area (Å²) in [4.78, 5) is 29.4. The zero-order chi connectivity index (χ0) is 96.9. The maximum atomic E-state index is 2.36. The number of hydrogen-bond donors (Lipinski definition) is 0. The Hall–Kier alpha value is -10.9. The summed E-state index contributed by atoms with van der Waals surface area (Å²) in [5.41, 5.74) is 36.3. The molecule has 146 heavy (non-hydrogen) atoms. The molecule has 0 radical (unpaired) electrons.